The largest absolute Gasteiger partial charge is 0.477 e. The smallest absolute Gasteiger partial charge is 0.364 e. The third-order valence-corrected chi connectivity index (χ3v) is 7.61. The summed E-state index contributed by atoms with van der Waals surface area (Å²) in [6.07, 6.45) is 3.56. The van der Waals surface area contributed by atoms with Crippen LogP contribution in [-0.4, -0.2) is 87.6 Å². The van der Waals surface area contributed by atoms with Crippen LogP contribution in [0, 0.1) is 11.8 Å². The number of likely N-dealkylation sites (tertiary alicyclic amines) is 1. The van der Waals surface area contributed by atoms with E-state index < -0.39 is 47.7 Å². The fraction of sp³-hybridized carbons (Fsp3) is 0.565. The maximum Gasteiger partial charge on any atom is 0.364 e. The maximum atomic E-state index is 13.0. The van der Waals surface area contributed by atoms with Crippen molar-refractivity contribution in [1.82, 2.24) is 15.2 Å². The minimum absolute atomic E-state index is 0.00849. The number of esters is 1. The van der Waals surface area contributed by atoms with Crippen molar-refractivity contribution in [2.45, 2.75) is 51.1 Å². The molecule has 0 aliphatic carbocycles. The van der Waals surface area contributed by atoms with E-state index in [2.05, 4.69) is 20.4 Å². The average Bonchev–Trinajstić information content (AvgIpc) is 3.45. The van der Waals surface area contributed by atoms with E-state index in [1.54, 1.807) is 25.4 Å². The maximum absolute atomic E-state index is 13.0. The van der Waals surface area contributed by atoms with Crippen molar-refractivity contribution in [3.05, 3.63) is 22.7 Å². The Morgan fingerprint density at radius 3 is 2.84 bits per heavy atom. The van der Waals surface area contributed by atoms with Crippen LogP contribution in [0.25, 0.3) is 0 Å². The Morgan fingerprint density at radius 1 is 1.46 bits per heavy atom. The number of amides is 1. The highest BCUT2D eigenvalue weighted by Crippen LogP contribution is 2.47. The number of nitrogen functional groups attached to an aromatic ring is 1. The molecule has 2 saturated heterocycles. The summed E-state index contributed by atoms with van der Waals surface area (Å²) in [6, 6.07) is -0.504. The van der Waals surface area contributed by atoms with Crippen LogP contribution in [0.5, 0.6) is 0 Å². The van der Waals surface area contributed by atoms with Gasteiger partial charge in [0.25, 0.3) is 11.6 Å². The first-order chi connectivity index (χ1) is 17.7. The highest BCUT2D eigenvalue weighted by atomic mass is 32.1. The lowest BCUT2D eigenvalue weighted by Crippen LogP contribution is -2.76. The molecule has 0 aromatic carbocycles. The zero-order valence-corrected chi connectivity index (χ0v) is 21.3. The molecular weight excluding hydrogens is 504 g/mol. The number of dihydropyridines is 1. The third kappa shape index (κ3) is 5.08. The van der Waals surface area contributed by atoms with E-state index in [1.165, 1.54) is 4.90 Å². The summed E-state index contributed by atoms with van der Waals surface area (Å²) in [4.78, 5) is 52.3. The number of carbonyl (C=O) groups excluding carboxylic acids is 2. The topological polar surface area (TPSA) is 189 Å². The first-order valence-corrected chi connectivity index (χ1v) is 12.9. The molecule has 13 nitrogen and oxygen atoms in total. The van der Waals surface area contributed by atoms with Gasteiger partial charge in [-0.15, -0.1) is 11.3 Å². The highest BCUT2D eigenvalue weighted by molar-refractivity contribution is 7.13. The number of oxime groups is 1. The van der Waals surface area contributed by atoms with Crippen molar-refractivity contribution in [3.8, 4) is 0 Å². The Balaban J connectivity index is 1.43. The van der Waals surface area contributed by atoms with E-state index in [1.807, 2.05) is 6.08 Å². The molecule has 5 atom stereocenters. The molecular formula is C23H30N6O7S. The number of carboxylic acids is 1. The number of carboxylic acid groups (broad SMARTS) is 1. The van der Waals surface area contributed by atoms with Gasteiger partial charge < -0.3 is 30.8 Å². The Bertz CT molecular complexity index is 1140. The standard InChI is InChI=1S/C23H30N6O7S/c1-3-14-7-17(30)36-23(14,21(33)34)29-12(2)15(20(29)32)9-26-19(31)18(16-11-37-22(24)27-16)28-35-10-13-5-4-6-25-8-13/h5,8,11-12,14-15,20,32H,3-4,6-7,9-10H2,1-2H3,(H2,24,27)(H,26,31)(H,33,34)/b28-18-/t12-,14-,15?,20?,23?/m1/s1. The molecule has 200 valence electrons. The molecule has 2 fully saturated rings. The second-order valence-electron chi connectivity index (χ2n) is 9.11. The van der Waals surface area contributed by atoms with Gasteiger partial charge in [-0.3, -0.25) is 14.6 Å². The van der Waals surface area contributed by atoms with Crippen LogP contribution < -0.4 is 11.1 Å². The van der Waals surface area contributed by atoms with E-state index in [4.69, 9.17) is 15.3 Å². The molecule has 3 unspecified atom stereocenters. The summed E-state index contributed by atoms with van der Waals surface area (Å²) < 4.78 is 5.30. The molecule has 37 heavy (non-hydrogen) atoms. The third-order valence-electron chi connectivity index (χ3n) is 6.93. The van der Waals surface area contributed by atoms with Gasteiger partial charge >= 0.3 is 11.9 Å². The minimum atomic E-state index is -1.94. The number of aliphatic hydroxyl groups excluding tert-OH is 1. The molecule has 5 N–H and O–H groups in total. The van der Waals surface area contributed by atoms with Crippen LogP contribution in [0.1, 0.15) is 38.8 Å². The highest BCUT2D eigenvalue weighted by Gasteiger charge is 2.66. The van der Waals surface area contributed by atoms with Crippen LogP contribution in [0.4, 0.5) is 5.13 Å². The summed E-state index contributed by atoms with van der Waals surface area (Å²) >= 11 is 1.15. The van der Waals surface area contributed by atoms with Crippen LogP contribution in [0.15, 0.2) is 27.2 Å². The number of nitrogens with one attached hydrogen (secondary N) is 1. The number of ether oxygens (including phenoxy) is 1. The van der Waals surface area contributed by atoms with Crippen molar-refractivity contribution in [1.29, 1.82) is 0 Å². The van der Waals surface area contributed by atoms with E-state index >= 15 is 0 Å². The van der Waals surface area contributed by atoms with Gasteiger partial charge in [-0.05, 0) is 19.8 Å². The Morgan fingerprint density at radius 2 is 2.24 bits per heavy atom. The predicted molar refractivity (Wildman–Crippen MR) is 134 cm³/mol. The van der Waals surface area contributed by atoms with Gasteiger partial charge in [0.05, 0.1) is 6.42 Å². The quantitative estimate of drug-likeness (QED) is 0.185. The van der Waals surface area contributed by atoms with Gasteiger partial charge in [0.1, 0.15) is 18.5 Å². The van der Waals surface area contributed by atoms with Crippen molar-refractivity contribution < 1.29 is 34.2 Å². The zero-order valence-electron chi connectivity index (χ0n) is 20.5. The first-order valence-electron chi connectivity index (χ1n) is 12.0. The van der Waals surface area contributed by atoms with Gasteiger partial charge in [0, 0.05) is 48.1 Å². The molecule has 0 spiro atoms. The van der Waals surface area contributed by atoms with Crippen molar-refractivity contribution >= 4 is 46.2 Å². The molecule has 0 bridgehead atoms. The molecule has 0 saturated carbocycles. The van der Waals surface area contributed by atoms with E-state index in [0.29, 0.717) is 6.42 Å². The minimum Gasteiger partial charge on any atom is -0.477 e. The number of nitrogens with two attached hydrogens (primary N) is 1. The predicted octanol–water partition coefficient (Wildman–Crippen LogP) is 0.356. The number of aromatic nitrogens is 1. The van der Waals surface area contributed by atoms with Crippen LogP contribution in [0.3, 0.4) is 0 Å². The van der Waals surface area contributed by atoms with Gasteiger partial charge in [-0.1, -0.05) is 18.2 Å². The fourth-order valence-corrected chi connectivity index (χ4v) is 5.50. The van der Waals surface area contributed by atoms with Gasteiger partial charge in [-0.2, -0.15) is 0 Å². The van der Waals surface area contributed by atoms with Gasteiger partial charge in [0.15, 0.2) is 10.8 Å². The zero-order chi connectivity index (χ0) is 26.7. The summed E-state index contributed by atoms with van der Waals surface area (Å²) in [5.41, 5.74) is 4.77. The second kappa shape index (κ2) is 10.9. The van der Waals surface area contributed by atoms with E-state index in [-0.39, 0.29) is 36.1 Å². The van der Waals surface area contributed by atoms with E-state index in [0.717, 1.165) is 29.9 Å². The Hall–Kier alpha value is -3.36. The summed E-state index contributed by atoms with van der Waals surface area (Å²) in [7, 11) is 0. The van der Waals surface area contributed by atoms with Crippen LogP contribution in [-0.2, 0) is 24.0 Å². The molecule has 0 radical (unpaired) electrons. The molecule has 1 aromatic heterocycles. The molecule has 3 aliphatic rings. The number of nitrogens with zero attached hydrogens (tertiary/aromatic N) is 4. The normalized spacial score (nSPS) is 29.9. The molecule has 4 rings (SSSR count). The Kier molecular flexibility index (Phi) is 7.90. The lowest BCUT2D eigenvalue weighted by atomic mass is 9.79. The number of aliphatic carboxylic acids is 1. The Labute approximate surface area is 217 Å². The van der Waals surface area contributed by atoms with Gasteiger partial charge in [-0.25, -0.2) is 14.7 Å². The lowest BCUT2D eigenvalue weighted by molar-refractivity contribution is -0.284. The monoisotopic (exact) mass is 534 g/mol. The molecule has 1 aromatic rings. The number of anilines is 1. The van der Waals surface area contributed by atoms with E-state index in [9.17, 15) is 24.6 Å². The number of thiazole rings is 1. The molecule has 14 heteroatoms. The number of hydrogen-bond acceptors (Lipinski definition) is 12. The lowest BCUT2D eigenvalue weighted by Gasteiger charge is -2.57. The number of aliphatic imine (C=N–C) groups is 1. The summed E-state index contributed by atoms with van der Waals surface area (Å²) in [5, 5.41) is 29.4. The molecule has 1 amide bonds. The van der Waals surface area contributed by atoms with Crippen molar-refractivity contribution in [3.63, 3.8) is 0 Å². The number of hydrogen-bond donors (Lipinski definition) is 4. The van der Waals surface area contributed by atoms with Crippen LogP contribution >= 0.6 is 11.3 Å². The van der Waals surface area contributed by atoms with Crippen molar-refractivity contribution in [2.75, 3.05) is 25.4 Å². The molecule has 3 aliphatic heterocycles. The first kappa shape index (κ1) is 26.7. The summed E-state index contributed by atoms with van der Waals surface area (Å²) in [5.74, 6) is -3.68. The number of cyclic esters (lactones) is 1. The van der Waals surface area contributed by atoms with Crippen molar-refractivity contribution in [2.24, 2.45) is 22.0 Å². The average molecular weight is 535 g/mol. The summed E-state index contributed by atoms with van der Waals surface area (Å²) in [6.45, 7) is 4.34. The second-order valence-corrected chi connectivity index (χ2v) is 10.00. The fourth-order valence-electron chi connectivity index (χ4n) is 4.95. The SMILES string of the molecule is CC[C@@H]1CC(=O)OC1(C(=O)O)N1C(O)C(CNC(=O)/C(=N\OCC2=CCCN=C2)c2csc(N)n2)[C@H]1C. The molecule has 4 heterocycles. The number of carbonyl (C=O) groups is 3. The number of aliphatic hydroxyl groups is 1. The number of rotatable bonds is 10. The van der Waals surface area contributed by atoms with Gasteiger partial charge in [0.2, 0.25) is 0 Å². The van der Waals surface area contributed by atoms with Crippen LogP contribution in [0.2, 0.25) is 0 Å².